The lowest BCUT2D eigenvalue weighted by Gasteiger charge is -2.19. The van der Waals surface area contributed by atoms with Crippen LogP contribution in [0.1, 0.15) is 23.6 Å². The third-order valence-electron chi connectivity index (χ3n) is 3.42. The average molecular weight is 272 g/mol. The van der Waals surface area contributed by atoms with E-state index in [0.717, 1.165) is 25.1 Å². The van der Waals surface area contributed by atoms with Crippen molar-refractivity contribution in [2.24, 2.45) is 5.73 Å². The summed E-state index contributed by atoms with van der Waals surface area (Å²) in [6.45, 7) is 1.82. The highest BCUT2D eigenvalue weighted by atomic mass is 19.1. The van der Waals surface area contributed by atoms with E-state index in [-0.39, 0.29) is 11.9 Å². The van der Waals surface area contributed by atoms with Crippen LogP contribution < -0.4 is 5.73 Å². The second kappa shape index (κ2) is 7.17. The van der Waals surface area contributed by atoms with Gasteiger partial charge >= 0.3 is 0 Å². The quantitative estimate of drug-likeness (QED) is 0.874. The molecule has 2 aromatic carbocycles. The number of hydrogen-bond acceptors (Lipinski definition) is 2. The van der Waals surface area contributed by atoms with Gasteiger partial charge < -0.3 is 10.6 Å². The molecule has 1 atom stereocenters. The van der Waals surface area contributed by atoms with Gasteiger partial charge in [-0.05, 0) is 43.3 Å². The fraction of sp³-hybridized carbons (Fsp3) is 0.294. The van der Waals surface area contributed by atoms with Crippen LogP contribution in [0.2, 0.25) is 0 Å². The van der Waals surface area contributed by atoms with Gasteiger partial charge in [0.15, 0.2) is 0 Å². The van der Waals surface area contributed by atoms with E-state index in [2.05, 4.69) is 24.1 Å². The van der Waals surface area contributed by atoms with Gasteiger partial charge in [-0.2, -0.15) is 0 Å². The third kappa shape index (κ3) is 4.44. The van der Waals surface area contributed by atoms with Gasteiger partial charge in [-0.3, -0.25) is 0 Å². The van der Waals surface area contributed by atoms with Crippen LogP contribution in [0.4, 0.5) is 4.39 Å². The standard InChI is InChI=1S/C17H21FN2/c1-20(13-14-5-3-2-4-6-14)12-11-17(19)15-7-9-16(18)10-8-15/h2-10,17H,11-13,19H2,1H3. The lowest BCUT2D eigenvalue weighted by atomic mass is 10.0. The Morgan fingerprint density at radius 2 is 1.70 bits per heavy atom. The monoisotopic (exact) mass is 272 g/mol. The minimum absolute atomic E-state index is 0.0474. The molecule has 0 heterocycles. The SMILES string of the molecule is CN(CCC(N)c1ccc(F)cc1)Cc1ccccc1. The van der Waals surface area contributed by atoms with E-state index >= 15 is 0 Å². The van der Waals surface area contributed by atoms with Gasteiger partial charge in [0.1, 0.15) is 5.82 Å². The Morgan fingerprint density at radius 3 is 2.35 bits per heavy atom. The summed E-state index contributed by atoms with van der Waals surface area (Å²) < 4.78 is 12.9. The molecule has 2 aromatic rings. The number of halogens is 1. The molecule has 0 aliphatic carbocycles. The molecule has 2 nitrogen and oxygen atoms in total. The molecule has 0 fully saturated rings. The summed E-state index contributed by atoms with van der Waals surface area (Å²) in [4.78, 5) is 2.25. The highest BCUT2D eigenvalue weighted by Gasteiger charge is 2.08. The molecule has 0 radical (unpaired) electrons. The number of nitrogens with two attached hydrogens (primary N) is 1. The normalized spacial score (nSPS) is 12.6. The van der Waals surface area contributed by atoms with Crippen molar-refractivity contribution in [3.63, 3.8) is 0 Å². The maximum absolute atomic E-state index is 12.9. The lowest BCUT2D eigenvalue weighted by Crippen LogP contribution is -2.23. The van der Waals surface area contributed by atoms with Gasteiger partial charge in [-0.25, -0.2) is 4.39 Å². The van der Waals surface area contributed by atoms with Crippen molar-refractivity contribution in [1.29, 1.82) is 0 Å². The zero-order valence-corrected chi connectivity index (χ0v) is 11.8. The van der Waals surface area contributed by atoms with Gasteiger partial charge in [-0.15, -0.1) is 0 Å². The highest BCUT2D eigenvalue weighted by Crippen LogP contribution is 2.15. The van der Waals surface area contributed by atoms with Gasteiger partial charge in [-0.1, -0.05) is 42.5 Å². The summed E-state index contributed by atoms with van der Waals surface area (Å²) in [5.74, 6) is -0.220. The summed E-state index contributed by atoms with van der Waals surface area (Å²) in [6, 6.07) is 16.8. The first-order valence-corrected chi connectivity index (χ1v) is 6.88. The van der Waals surface area contributed by atoms with E-state index in [1.165, 1.54) is 17.7 Å². The van der Waals surface area contributed by atoms with Crippen LogP contribution in [0.5, 0.6) is 0 Å². The Morgan fingerprint density at radius 1 is 1.05 bits per heavy atom. The van der Waals surface area contributed by atoms with Gasteiger partial charge in [0, 0.05) is 12.6 Å². The Bertz CT molecular complexity index is 510. The van der Waals surface area contributed by atoms with Gasteiger partial charge in [0.25, 0.3) is 0 Å². The first-order chi connectivity index (χ1) is 9.65. The molecule has 0 saturated heterocycles. The zero-order chi connectivity index (χ0) is 14.4. The molecular formula is C17H21FN2. The summed E-state index contributed by atoms with van der Waals surface area (Å²) in [5.41, 5.74) is 8.42. The molecule has 3 heteroatoms. The highest BCUT2D eigenvalue weighted by molar-refractivity contribution is 5.19. The Kier molecular flexibility index (Phi) is 5.27. The Labute approximate surface area is 120 Å². The zero-order valence-electron chi connectivity index (χ0n) is 11.8. The lowest BCUT2D eigenvalue weighted by molar-refractivity contribution is 0.311. The van der Waals surface area contributed by atoms with Crippen LogP contribution in [-0.2, 0) is 6.54 Å². The fourth-order valence-corrected chi connectivity index (χ4v) is 2.21. The summed E-state index contributed by atoms with van der Waals surface area (Å²) in [6.07, 6.45) is 0.856. The number of rotatable bonds is 6. The van der Waals surface area contributed by atoms with E-state index in [9.17, 15) is 4.39 Å². The topological polar surface area (TPSA) is 29.3 Å². The van der Waals surface area contributed by atoms with E-state index in [1.54, 1.807) is 12.1 Å². The molecule has 0 aliphatic rings. The van der Waals surface area contributed by atoms with Crippen molar-refractivity contribution >= 4 is 0 Å². The van der Waals surface area contributed by atoms with Crippen molar-refractivity contribution < 1.29 is 4.39 Å². The first-order valence-electron chi connectivity index (χ1n) is 6.88. The van der Waals surface area contributed by atoms with Crippen LogP contribution in [0.3, 0.4) is 0 Å². The van der Waals surface area contributed by atoms with Crippen molar-refractivity contribution in [1.82, 2.24) is 4.90 Å². The van der Waals surface area contributed by atoms with E-state index in [1.807, 2.05) is 18.2 Å². The number of hydrogen-bond donors (Lipinski definition) is 1. The third-order valence-corrected chi connectivity index (χ3v) is 3.42. The van der Waals surface area contributed by atoms with Crippen molar-refractivity contribution in [2.45, 2.75) is 19.0 Å². The average Bonchev–Trinajstić information content (AvgIpc) is 2.46. The Balaban J connectivity index is 1.81. The molecule has 0 aliphatic heterocycles. The van der Waals surface area contributed by atoms with Gasteiger partial charge in [0.2, 0.25) is 0 Å². The van der Waals surface area contributed by atoms with Crippen LogP contribution in [0, 0.1) is 5.82 Å². The maximum Gasteiger partial charge on any atom is 0.123 e. The second-order valence-corrected chi connectivity index (χ2v) is 5.17. The smallest absolute Gasteiger partial charge is 0.123 e. The minimum Gasteiger partial charge on any atom is -0.324 e. The molecule has 2 N–H and O–H groups in total. The number of nitrogens with zero attached hydrogens (tertiary/aromatic N) is 1. The van der Waals surface area contributed by atoms with E-state index in [4.69, 9.17) is 5.73 Å². The second-order valence-electron chi connectivity index (χ2n) is 5.17. The van der Waals surface area contributed by atoms with Crippen LogP contribution in [0.15, 0.2) is 54.6 Å². The summed E-state index contributed by atoms with van der Waals surface area (Å²) in [7, 11) is 2.09. The molecule has 1 unspecified atom stereocenters. The summed E-state index contributed by atoms with van der Waals surface area (Å²) >= 11 is 0. The van der Waals surface area contributed by atoms with Crippen molar-refractivity contribution in [3.8, 4) is 0 Å². The molecule has 106 valence electrons. The fourth-order valence-electron chi connectivity index (χ4n) is 2.21. The minimum atomic E-state index is -0.220. The van der Waals surface area contributed by atoms with Crippen LogP contribution in [-0.4, -0.2) is 18.5 Å². The van der Waals surface area contributed by atoms with Crippen molar-refractivity contribution in [2.75, 3.05) is 13.6 Å². The Hall–Kier alpha value is -1.71. The molecule has 20 heavy (non-hydrogen) atoms. The molecule has 0 amide bonds. The maximum atomic E-state index is 12.9. The molecule has 0 saturated carbocycles. The molecule has 0 spiro atoms. The molecule has 0 aromatic heterocycles. The van der Waals surface area contributed by atoms with Crippen molar-refractivity contribution in [3.05, 3.63) is 71.5 Å². The largest absolute Gasteiger partial charge is 0.324 e. The van der Waals surface area contributed by atoms with Crippen LogP contribution in [0.25, 0.3) is 0 Å². The van der Waals surface area contributed by atoms with E-state index in [0.29, 0.717) is 0 Å². The molecule has 2 rings (SSSR count). The molecular weight excluding hydrogens is 251 g/mol. The summed E-state index contributed by atoms with van der Waals surface area (Å²) in [5, 5.41) is 0. The predicted molar refractivity (Wildman–Crippen MR) is 80.7 cm³/mol. The number of benzene rings is 2. The van der Waals surface area contributed by atoms with Crippen LogP contribution >= 0.6 is 0 Å². The first kappa shape index (κ1) is 14.7. The van der Waals surface area contributed by atoms with E-state index < -0.39 is 0 Å². The predicted octanol–water partition coefficient (Wildman–Crippen LogP) is 3.35. The molecule has 0 bridgehead atoms. The van der Waals surface area contributed by atoms with Gasteiger partial charge in [0.05, 0.1) is 0 Å².